The zero-order valence-corrected chi connectivity index (χ0v) is 27.3. The van der Waals surface area contributed by atoms with Crippen LogP contribution in [0.25, 0.3) is 0 Å². The predicted molar refractivity (Wildman–Crippen MR) is 180 cm³/mol. The smallest absolute Gasteiger partial charge is 0.337 e. The molecule has 0 saturated carbocycles. The van der Waals surface area contributed by atoms with Gasteiger partial charge in [0.15, 0.2) is 0 Å². The lowest BCUT2D eigenvalue weighted by molar-refractivity contribution is -0.135. The van der Waals surface area contributed by atoms with E-state index < -0.39 is 14.3 Å². The average molecular weight is 609 g/mol. The second-order valence-corrected chi connectivity index (χ2v) is 16.4. The molecule has 44 heavy (non-hydrogen) atoms. The van der Waals surface area contributed by atoms with Gasteiger partial charge in [0.05, 0.1) is 25.3 Å². The molecule has 4 rings (SSSR count). The zero-order chi connectivity index (χ0) is 31.6. The summed E-state index contributed by atoms with van der Waals surface area (Å²) in [5, 5.41) is 5.77. The number of ether oxygens (including phenoxy) is 1. The maximum absolute atomic E-state index is 13.9. The number of carbonyl (C=O) groups excluding carboxylic acids is 2. The number of carbonyl (C=O) groups is 2. The summed E-state index contributed by atoms with van der Waals surface area (Å²) in [6.07, 6.45) is 6.16. The highest BCUT2D eigenvalue weighted by molar-refractivity contribution is 6.99. The van der Waals surface area contributed by atoms with E-state index in [9.17, 15) is 9.59 Å². The van der Waals surface area contributed by atoms with E-state index in [2.05, 4.69) is 81.2 Å². The van der Waals surface area contributed by atoms with E-state index >= 15 is 0 Å². The molecule has 1 aliphatic rings. The van der Waals surface area contributed by atoms with Crippen LogP contribution in [-0.4, -0.2) is 51.4 Å². The number of rotatable bonds is 13. The van der Waals surface area contributed by atoms with E-state index in [0.717, 1.165) is 11.1 Å². The molecule has 1 N–H and O–H groups in total. The van der Waals surface area contributed by atoms with Crippen LogP contribution in [0.1, 0.15) is 39.2 Å². The minimum absolute atomic E-state index is 0.0269. The second-order valence-electron chi connectivity index (χ2n) is 12.1. The summed E-state index contributed by atoms with van der Waals surface area (Å²) in [5.74, 6) is -0.465. The van der Waals surface area contributed by atoms with Crippen LogP contribution in [0.5, 0.6) is 0 Å². The van der Waals surface area contributed by atoms with Gasteiger partial charge in [-0.05, 0) is 27.4 Å². The molecule has 1 amide bonds. The maximum Gasteiger partial charge on any atom is 0.337 e. The fourth-order valence-electron chi connectivity index (χ4n) is 5.85. The largest absolute Gasteiger partial charge is 0.465 e. The highest BCUT2D eigenvalue weighted by Gasteiger charge is 2.50. The van der Waals surface area contributed by atoms with Crippen LogP contribution in [0.15, 0.2) is 127 Å². The standard InChI is InChI=1S/C37H44N2O4Si/c1-6-30(36(41)42-5)19-16-24-39(27-29-17-10-7-11-18-29)35(40)31-25-32(38-26-31)28-43-44(37(2,3)4,33-20-12-8-13-21-33)34-22-14-9-15-23-34/h6-15,17-23,26,32,38H,1,16,24-25,27-28H2,2-5H3/b30-19+. The van der Waals surface area contributed by atoms with Crippen molar-refractivity contribution in [2.75, 3.05) is 20.3 Å². The molecule has 1 aliphatic heterocycles. The topological polar surface area (TPSA) is 67.9 Å². The van der Waals surface area contributed by atoms with E-state index in [0.29, 0.717) is 38.1 Å². The van der Waals surface area contributed by atoms with Crippen molar-refractivity contribution in [2.24, 2.45) is 0 Å². The van der Waals surface area contributed by atoms with Gasteiger partial charge in [-0.25, -0.2) is 4.79 Å². The molecule has 0 radical (unpaired) electrons. The lowest BCUT2D eigenvalue weighted by Crippen LogP contribution is -2.67. The molecule has 6 nitrogen and oxygen atoms in total. The van der Waals surface area contributed by atoms with Gasteiger partial charge in [-0.15, -0.1) is 0 Å². The molecule has 1 atom stereocenters. The summed E-state index contributed by atoms with van der Waals surface area (Å²) in [4.78, 5) is 27.7. The van der Waals surface area contributed by atoms with Gasteiger partial charge in [0.1, 0.15) is 0 Å². The molecular formula is C37H44N2O4Si. The van der Waals surface area contributed by atoms with Gasteiger partial charge in [0.2, 0.25) is 0 Å². The number of hydrogen-bond donors (Lipinski definition) is 1. The molecule has 1 unspecified atom stereocenters. The zero-order valence-electron chi connectivity index (χ0n) is 26.3. The van der Waals surface area contributed by atoms with Crippen LogP contribution in [0.2, 0.25) is 5.04 Å². The summed E-state index contributed by atoms with van der Waals surface area (Å²) < 4.78 is 12.0. The molecule has 0 fully saturated rings. The van der Waals surface area contributed by atoms with Crippen LogP contribution in [0.3, 0.4) is 0 Å². The molecule has 230 valence electrons. The third-order valence-electron chi connectivity index (χ3n) is 8.06. The van der Waals surface area contributed by atoms with E-state index in [-0.39, 0.29) is 17.0 Å². The van der Waals surface area contributed by atoms with Crippen LogP contribution in [0, 0.1) is 0 Å². The van der Waals surface area contributed by atoms with Crippen molar-refractivity contribution >= 4 is 30.6 Å². The Balaban J connectivity index is 1.51. The summed E-state index contributed by atoms with van der Waals surface area (Å²) in [7, 11) is -1.35. The number of methoxy groups -OCH3 is 1. The van der Waals surface area contributed by atoms with Crippen LogP contribution in [-0.2, 0) is 25.3 Å². The van der Waals surface area contributed by atoms with E-state index in [1.165, 1.54) is 23.6 Å². The number of amides is 1. The van der Waals surface area contributed by atoms with Gasteiger partial charge in [-0.3, -0.25) is 4.79 Å². The summed E-state index contributed by atoms with van der Waals surface area (Å²) in [6.45, 7) is 11.9. The average Bonchev–Trinajstić information content (AvgIpc) is 3.52. The molecule has 3 aromatic rings. The maximum atomic E-state index is 13.9. The first-order chi connectivity index (χ1) is 21.2. The summed E-state index contributed by atoms with van der Waals surface area (Å²) in [6, 6.07) is 31.1. The lowest BCUT2D eigenvalue weighted by atomic mass is 10.1. The van der Waals surface area contributed by atoms with Crippen molar-refractivity contribution in [3.8, 4) is 0 Å². The van der Waals surface area contributed by atoms with Crippen LogP contribution in [0.4, 0.5) is 0 Å². The monoisotopic (exact) mass is 608 g/mol. The van der Waals surface area contributed by atoms with Crippen LogP contribution >= 0.6 is 0 Å². The van der Waals surface area contributed by atoms with Crippen LogP contribution < -0.4 is 15.7 Å². The number of nitrogens with zero attached hydrogens (tertiary/aromatic N) is 1. The Morgan fingerprint density at radius 3 is 2.05 bits per heavy atom. The third-order valence-corrected chi connectivity index (χ3v) is 13.1. The van der Waals surface area contributed by atoms with Crippen molar-refractivity contribution in [1.29, 1.82) is 0 Å². The Morgan fingerprint density at radius 1 is 0.955 bits per heavy atom. The highest BCUT2D eigenvalue weighted by atomic mass is 28.4. The van der Waals surface area contributed by atoms with Crippen molar-refractivity contribution in [1.82, 2.24) is 10.2 Å². The van der Waals surface area contributed by atoms with E-state index in [1.807, 2.05) is 53.6 Å². The Morgan fingerprint density at radius 2 is 1.52 bits per heavy atom. The molecule has 0 bridgehead atoms. The molecule has 0 aromatic heterocycles. The van der Waals surface area contributed by atoms with Gasteiger partial charge in [0.25, 0.3) is 14.2 Å². The lowest BCUT2D eigenvalue weighted by Gasteiger charge is -2.43. The fourth-order valence-corrected chi connectivity index (χ4v) is 10.5. The SMILES string of the molecule is C=C/C(=C\CCN(Cc1ccccc1)C(=O)C1=CNC(CO[Si](c2ccccc2)(c2ccccc2)C(C)(C)C)C1)C(=O)OC. The van der Waals surface area contributed by atoms with Gasteiger partial charge in [0, 0.05) is 31.3 Å². The molecule has 0 aliphatic carbocycles. The Bertz CT molecular complexity index is 1420. The molecule has 1 heterocycles. The van der Waals surface area contributed by atoms with Gasteiger partial charge in [-0.2, -0.15) is 0 Å². The van der Waals surface area contributed by atoms with Gasteiger partial charge in [-0.1, -0.05) is 130 Å². The first kappa shape index (κ1) is 32.7. The molecular weight excluding hydrogens is 565 g/mol. The molecule has 0 saturated heterocycles. The molecule has 3 aromatic carbocycles. The fraction of sp³-hybridized carbons (Fsp3) is 0.297. The van der Waals surface area contributed by atoms with Crippen molar-refractivity contribution in [3.05, 3.63) is 133 Å². The van der Waals surface area contributed by atoms with Gasteiger partial charge < -0.3 is 19.4 Å². The summed E-state index contributed by atoms with van der Waals surface area (Å²) >= 11 is 0. The molecule has 0 spiro atoms. The Labute approximate surface area is 263 Å². The number of esters is 1. The Hall–Kier alpha value is -4.20. The first-order valence-corrected chi connectivity index (χ1v) is 17.0. The highest BCUT2D eigenvalue weighted by Crippen LogP contribution is 2.37. The number of benzene rings is 3. The van der Waals surface area contributed by atoms with Crippen molar-refractivity contribution in [2.45, 2.75) is 51.2 Å². The quantitative estimate of drug-likeness (QED) is 0.120. The van der Waals surface area contributed by atoms with Crippen molar-refractivity contribution < 1.29 is 18.8 Å². The summed E-state index contributed by atoms with van der Waals surface area (Å²) in [5.41, 5.74) is 2.15. The number of hydrogen-bond acceptors (Lipinski definition) is 5. The van der Waals surface area contributed by atoms with E-state index in [4.69, 9.17) is 9.16 Å². The second kappa shape index (κ2) is 15.0. The third kappa shape index (κ3) is 7.65. The Kier molecular flexibility index (Phi) is 11.1. The minimum atomic E-state index is -2.69. The first-order valence-electron chi connectivity index (χ1n) is 15.1. The van der Waals surface area contributed by atoms with E-state index in [1.54, 1.807) is 6.08 Å². The van der Waals surface area contributed by atoms with Crippen molar-refractivity contribution in [3.63, 3.8) is 0 Å². The predicted octanol–water partition coefficient (Wildman–Crippen LogP) is 5.51. The normalized spacial score (nSPS) is 15.2. The molecule has 7 heteroatoms. The minimum Gasteiger partial charge on any atom is -0.465 e. The van der Waals surface area contributed by atoms with Gasteiger partial charge >= 0.3 is 5.97 Å². The number of nitrogens with one attached hydrogen (secondary N) is 1.